The zero-order valence-electron chi connectivity index (χ0n) is 12.7. The molecule has 1 atom stereocenters. The summed E-state index contributed by atoms with van der Waals surface area (Å²) in [6.45, 7) is 1.72. The van der Waals surface area contributed by atoms with E-state index in [1.807, 2.05) is 30.3 Å². The fraction of sp³-hybridized carbons (Fsp3) is 0.176. The van der Waals surface area contributed by atoms with Gasteiger partial charge >= 0.3 is 5.97 Å². The number of benzene rings is 2. The molecule has 0 spiro atoms. The average molecular weight is 370 g/mol. The van der Waals surface area contributed by atoms with E-state index in [0.717, 1.165) is 17.7 Å². The van der Waals surface area contributed by atoms with Crippen LogP contribution in [-0.2, 0) is 16.1 Å². The van der Waals surface area contributed by atoms with Gasteiger partial charge in [-0.25, -0.2) is 9.18 Å². The van der Waals surface area contributed by atoms with E-state index in [1.165, 1.54) is 6.92 Å². The van der Waals surface area contributed by atoms with Crippen molar-refractivity contribution in [3.8, 4) is 0 Å². The Hall–Kier alpha value is -2.11. The molecule has 126 valence electrons. The van der Waals surface area contributed by atoms with Crippen molar-refractivity contribution in [1.29, 1.82) is 0 Å². The Kier molecular flexibility index (Phi) is 6.17. The van der Waals surface area contributed by atoms with Gasteiger partial charge in [0.15, 0.2) is 6.10 Å². The predicted octanol–water partition coefficient (Wildman–Crippen LogP) is 3.99. The van der Waals surface area contributed by atoms with Gasteiger partial charge in [-0.05, 0) is 24.6 Å². The molecule has 24 heavy (non-hydrogen) atoms. The van der Waals surface area contributed by atoms with Gasteiger partial charge in [0.05, 0.1) is 15.6 Å². The lowest BCUT2D eigenvalue weighted by atomic mass is 10.2. The lowest BCUT2D eigenvalue weighted by Crippen LogP contribution is -2.35. The highest BCUT2D eigenvalue weighted by Crippen LogP contribution is 2.25. The van der Waals surface area contributed by atoms with Crippen molar-refractivity contribution in [3.63, 3.8) is 0 Å². The Morgan fingerprint density at radius 1 is 1.17 bits per heavy atom. The van der Waals surface area contributed by atoms with Crippen LogP contribution in [0.2, 0.25) is 10.0 Å². The minimum absolute atomic E-state index is 0.0525. The topological polar surface area (TPSA) is 55.4 Å². The van der Waals surface area contributed by atoms with E-state index in [9.17, 15) is 14.0 Å². The summed E-state index contributed by atoms with van der Waals surface area (Å²) >= 11 is 11.4. The number of esters is 1. The first-order valence-corrected chi connectivity index (χ1v) is 7.81. The summed E-state index contributed by atoms with van der Waals surface area (Å²) in [5, 5.41) is 2.39. The van der Waals surface area contributed by atoms with E-state index in [2.05, 4.69) is 5.32 Å². The second kappa shape index (κ2) is 8.13. The summed E-state index contributed by atoms with van der Waals surface area (Å²) < 4.78 is 18.5. The smallest absolute Gasteiger partial charge is 0.340 e. The van der Waals surface area contributed by atoms with Crippen LogP contribution in [0.1, 0.15) is 22.8 Å². The molecule has 0 radical (unpaired) electrons. The molecule has 0 aromatic heterocycles. The molecule has 2 aromatic carbocycles. The maximum absolute atomic E-state index is 13.4. The van der Waals surface area contributed by atoms with Gasteiger partial charge in [-0.2, -0.15) is 0 Å². The molecule has 0 fully saturated rings. The summed E-state index contributed by atoms with van der Waals surface area (Å²) in [6.07, 6.45) is -1.06. The minimum Gasteiger partial charge on any atom is -0.449 e. The van der Waals surface area contributed by atoms with Crippen LogP contribution >= 0.6 is 23.2 Å². The number of rotatable bonds is 5. The summed E-state index contributed by atoms with van der Waals surface area (Å²) in [4.78, 5) is 24.0. The van der Waals surface area contributed by atoms with Crippen molar-refractivity contribution in [2.75, 3.05) is 0 Å². The van der Waals surface area contributed by atoms with E-state index in [1.54, 1.807) is 0 Å². The van der Waals surface area contributed by atoms with Crippen molar-refractivity contribution in [3.05, 3.63) is 69.5 Å². The quantitative estimate of drug-likeness (QED) is 0.640. The van der Waals surface area contributed by atoms with Crippen molar-refractivity contribution in [2.24, 2.45) is 0 Å². The Balaban J connectivity index is 1.96. The fourth-order valence-electron chi connectivity index (χ4n) is 1.89. The van der Waals surface area contributed by atoms with Crippen LogP contribution in [0.4, 0.5) is 4.39 Å². The van der Waals surface area contributed by atoms with Crippen LogP contribution in [0.3, 0.4) is 0 Å². The highest BCUT2D eigenvalue weighted by molar-refractivity contribution is 6.36. The van der Waals surface area contributed by atoms with Crippen molar-refractivity contribution in [2.45, 2.75) is 19.6 Å². The molecule has 2 rings (SSSR count). The number of hydrogen-bond donors (Lipinski definition) is 1. The second-order valence-electron chi connectivity index (χ2n) is 5.00. The van der Waals surface area contributed by atoms with E-state index >= 15 is 0 Å². The number of halogens is 3. The predicted molar refractivity (Wildman–Crippen MR) is 89.6 cm³/mol. The summed E-state index contributed by atoms with van der Waals surface area (Å²) in [7, 11) is 0. The monoisotopic (exact) mass is 369 g/mol. The van der Waals surface area contributed by atoms with E-state index in [0.29, 0.717) is 6.54 Å². The van der Waals surface area contributed by atoms with Crippen LogP contribution in [0.25, 0.3) is 0 Å². The molecule has 1 amide bonds. The SMILES string of the molecule is CC(OC(=O)c1cc(F)c(Cl)cc1Cl)C(=O)NCc1ccccc1. The first kappa shape index (κ1) is 18.2. The molecule has 0 aliphatic carbocycles. The second-order valence-corrected chi connectivity index (χ2v) is 5.81. The van der Waals surface area contributed by atoms with Crippen LogP contribution in [-0.4, -0.2) is 18.0 Å². The van der Waals surface area contributed by atoms with E-state index in [4.69, 9.17) is 27.9 Å². The summed E-state index contributed by atoms with van der Waals surface area (Å²) in [6, 6.07) is 11.3. The molecule has 1 unspecified atom stereocenters. The third-order valence-corrected chi connectivity index (χ3v) is 3.79. The standard InChI is InChI=1S/C17H14Cl2FNO3/c1-10(16(22)21-9-11-5-3-2-4-6-11)24-17(23)12-7-15(20)14(19)8-13(12)18/h2-8,10H,9H2,1H3,(H,21,22). The molecule has 0 bridgehead atoms. The molecule has 7 heteroatoms. The Morgan fingerprint density at radius 2 is 1.83 bits per heavy atom. The number of carbonyl (C=O) groups is 2. The molecule has 1 N–H and O–H groups in total. The zero-order chi connectivity index (χ0) is 17.7. The van der Waals surface area contributed by atoms with Gasteiger partial charge in [-0.3, -0.25) is 4.79 Å². The molecule has 0 aliphatic rings. The molecule has 4 nitrogen and oxygen atoms in total. The highest BCUT2D eigenvalue weighted by atomic mass is 35.5. The van der Waals surface area contributed by atoms with E-state index in [-0.39, 0.29) is 15.6 Å². The molecule has 0 saturated heterocycles. The lowest BCUT2D eigenvalue weighted by Gasteiger charge is -2.14. The van der Waals surface area contributed by atoms with E-state index < -0.39 is 23.8 Å². The van der Waals surface area contributed by atoms with Crippen LogP contribution < -0.4 is 5.32 Å². The van der Waals surface area contributed by atoms with Gasteiger partial charge in [0, 0.05) is 6.54 Å². The first-order chi connectivity index (χ1) is 11.4. The third-order valence-electron chi connectivity index (χ3n) is 3.19. The largest absolute Gasteiger partial charge is 0.449 e. The number of hydrogen-bond acceptors (Lipinski definition) is 3. The van der Waals surface area contributed by atoms with Crippen LogP contribution in [0.5, 0.6) is 0 Å². The summed E-state index contributed by atoms with van der Waals surface area (Å²) in [5.74, 6) is -2.18. The highest BCUT2D eigenvalue weighted by Gasteiger charge is 2.21. The minimum atomic E-state index is -1.06. The zero-order valence-corrected chi connectivity index (χ0v) is 14.2. The van der Waals surface area contributed by atoms with Crippen molar-refractivity contribution >= 4 is 35.1 Å². The van der Waals surface area contributed by atoms with Gasteiger partial charge in [0.25, 0.3) is 5.91 Å². The number of carbonyl (C=O) groups excluding carboxylic acids is 2. The lowest BCUT2D eigenvalue weighted by molar-refractivity contribution is -0.129. The molecule has 0 saturated carbocycles. The number of ether oxygens (including phenoxy) is 1. The van der Waals surface area contributed by atoms with Gasteiger partial charge in [0.2, 0.25) is 0 Å². The van der Waals surface area contributed by atoms with Crippen molar-refractivity contribution < 1.29 is 18.7 Å². The molecule has 0 aliphatic heterocycles. The summed E-state index contributed by atoms with van der Waals surface area (Å²) in [5.41, 5.74) is 0.716. The Morgan fingerprint density at radius 3 is 2.50 bits per heavy atom. The van der Waals surface area contributed by atoms with Gasteiger partial charge < -0.3 is 10.1 Å². The number of amides is 1. The van der Waals surface area contributed by atoms with Gasteiger partial charge in [-0.15, -0.1) is 0 Å². The Labute approximate surface area is 148 Å². The maximum atomic E-state index is 13.4. The first-order valence-electron chi connectivity index (χ1n) is 7.05. The molecular weight excluding hydrogens is 356 g/mol. The molecule has 2 aromatic rings. The number of nitrogens with one attached hydrogen (secondary N) is 1. The average Bonchev–Trinajstić information content (AvgIpc) is 2.56. The third kappa shape index (κ3) is 4.69. The van der Waals surface area contributed by atoms with Crippen LogP contribution in [0.15, 0.2) is 42.5 Å². The van der Waals surface area contributed by atoms with Crippen molar-refractivity contribution in [1.82, 2.24) is 5.32 Å². The normalized spacial score (nSPS) is 11.7. The van der Waals surface area contributed by atoms with Gasteiger partial charge in [-0.1, -0.05) is 53.5 Å². The maximum Gasteiger partial charge on any atom is 0.340 e. The molecular formula is C17H14Cl2FNO3. The Bertz CT molecular complexity index is 753. The van der Waals surface area contributed by atoms with Crippen LogP contribution in [0, 0.1) is 5.82 Å². The molecule has 0 heterocycles. The van der Waals surface area contributed by atoms with Gasteiger partial charge in [0.1, 0.15) is 5.82 Å². The fourth-order valence-corrected chi connectivity index (χ4v) is 2.35.